The summed E-state index contributed by atoms with van der Waals surface area (Å²) >= 11 is 5.86. The Morgan fingerprint density at radius 1 is 1.50 bits per heavy atom. The van der Waals surface area contributed by atoms with E-state index in [2.05, 4.69) is 15.4 Å². The molecule has 0 aliphatic rings. The number of hydrogen-bond acceptors (Lipinski definition) is 3. The number of carbonyl (C=O) groups excluding carboxylic acids is 1. The molecule has 0 aliphatic heterocycles. The number of carbonyl (C=O) groups is 1. The zero-order chi connectivity index (χ0) is 13.1. The van der Waals surface area contributed by atoms with E-state index in [-0.39, 0.29) is 17.6 Å². The fourth-order valence-electron chi connectivity index (χ4n) is 1.64. The van der Waals surface area contributed by atoms with E-state index in [9.17, 15) is 4.79 Å². The van der Waals surface area contributed by atoms with Crippen LogP contribution in [0.4, 0.5) is 5.69 Å². The van der Waals surface area contributed by atoms with Crippen molar-refractivity contribution in [2.75, 3.05) is 5.32 Å². The third kappa shape index (κ3) is 2.87. The number of anilines is 1. The molecule has 2 rings (SSSR count). The first-order chi connectivity index (χ1) is 8.56. The zero-order valence-electron chi connectivity index (χ0n) is 10.1. The Labute approximate surface area is 110 Å². The maximum absolute atomic E-state index is 11.8. The number of aryl methyl sites for hydroxylation is 2. The number of hydrogen-bond donors (Lipinski definition) is 1. The average Bonchev–Trinajstić information content (AvgIpc) is 2.61. The van der Waals surface area contributed by atoms with Crippen LogP contribution >= 0.6 is 11.6 Å². The highest BCUT2D eigenvalue weighted by molar-refractivity contribution is 6.32. The summed E-state index contributed by atoms with van der Waals surface area (Å²) in [6.07, 6.45) is 1.57. The first-order valence-electron chi connectivity index (χ1n) is 5.47. The van der Waals surface area contributed by atoms with Crippen molar-refractivity contribution < 1.29 is 4.79 Å². The highest BCUT2D eigenvalue weighted by Gasteiger charge is 2.09. The highest BCUT2D eigenvalue weighted by atomic mass is 35.5. The van der Waals surface area contributed by atoms with Crippen molar-refractivity contribution >= 4 is 23.2 Å². The molecule has 0 fully saturated rings. The van der Waals surface area contributed by atoms with Crippen LogP contribution in [0.5, 0.6) is 0 Å². The van der Waals surface area contributed by atoms with Crippen molar-refractivity contribution in [3.63, 3.8) is 0 Å². The Kier molecular flexibility index (Phi) is 3.62. The molecule has 0 spiro atoms. The molecule has 2 aromatic heterocycles. The quantitative estimate of drug-likeness (QED) is 0.865. The Morgan fingerprint density at radius 3 is 2.89 bits per heavy atom. The highest BCUT2D eigenvalue weighted by Crippen LogP contribution is 2.17. The Bertz CT molecular complexity index is 579. The van der Waals surface area contributed by atoms with Crippen molar-refractivity contribution in [2.24, 2.45) is 0 Å². The first kappa shape index (κ1) is 12.6. The van der Waals surface area contributed by atoms with E-state index >= 15 is 0 Å². The molecule has 0 saturated carbocycles. The van der Waals surface area contributed by atoms with Crippen LogP contribution in [0, 0.1) is 13.8 Å². The summed E-state index contributed by atoms with van der Waals surface area (Å²) in [7, 11) is 0. The smallest absolute Gasteiger partial charge is 0.246 e. The minimum absolute atomic E-state index is 0.158. The van der Waals surface area contributed by atoms with Crippen molar-refractivity contribution in [1.29, 1.82) is 0 Å². The number of pyridine rings is 1. The van der Waals surface area contributed by atoms with Gasteiger partial charge in [-0.15, -0.1) is 0 Å². The molecule has 1 amide bonds. The van der Waals surface area contributed by atoms with Gasteiger partial charge in [0, 0.05) is 11.9 Å². The summed E-state index contributed by atoms with van der Waals surface area (Å²) < 4.78 is 1.65. The van der Waals surface area contributed by atoms with Crippen LogP contribution in [0.3, 0.4) is 0 Å². The normalized spacial score (nSPS) is 10.4. The van der Waals surface area contributed by atoms with Crippen LogP contribution in [-0.4, -0.2) is 20.7 Å². The van der Waals surface area contributed by atoms with E-state index in [1.807, 2.05) is 19.9 Å². The molecule has 0 aromatic carbocycles. The van der Waals surface area contributed by atoms with Crippen LogP contribution in [0.25, 0.3) is 0 Å². The van der Waals surface area contributed by atoms with Crippen molar-refractivity contribution in [2.45, 2.75) is 20.4 Å². The summed E-state index contributed by atoms with van der Waals surface area (Å²) in [5.41, 5.74) is 2.34. The molecule has 0 saturated heterocycles. The van der Waals surface area contributed by atoms with E-state index in [1.165, 1.54) is 0 Å². The van der Waals surface area contributed by atoms with Gasteiger partial charge in [0.2, 0.25) is 5.91 Å². The van der Waals surface area contributed by atoms with Crippen molar-refractivity contribution in [3.05, 3.63) is 40.9 Å². The third-order valence-electron chi connectivity index (χ3n) is 2.43. The van der Waals surface area contributed by atoms with Crippen LogP contribution in [0.2, 0.25) is 5.15 Å². The maximum atomic E-state index is 11.8. The fraction of sp³-hybridized carbons (Fsp3) is 0.250. The molecule has 0 bridgehead atoms. The largest absolute Gasteiger partial charge is 0.322 e. The minimum atomic E-state index is -0.184. The summed E-state index contributed by atoms with van der Waals surface area (Å²) in [5.74, 6) is -0.184. The van der Waals surface area contributed by atoms with Gasteiger partial charge in [-0.05, 0) is 32.0 Å². The molecule has 18 heavy (non-hydrogen) atoms. The monoisotopic (exact) mass is 264 g/mol. The van der Waals surface area contributed by atoms with Crippen LogP contribution in [0.1, 0.15) is 11.4 Å². The molecule has 94 valence electrons. The predicted molar refractivity (Wildman–Crippen MR) is 69.6 cm³/mol. The van der Waals surface area contributed by atoms with E-state index < -0.39 is 0 Å². The lowest BCUT2D eigenvalue weighted by Crippen LogP contribution is -2.20. The van der Waals surface area contributed by atoms with Gasteiger partial charge in [0.25, 0.3) is 0 Å². The molecule has 2 heterocycles. The van der Waals surface area contributed by atoms with Gasteiger partial charge in [-0.2, -0.15) is 5.10 Å². The van der Waals surface area contributed by atoms with E-state index in [4.69, 9.17) is 11.6 Å². The van der Waals surface area contributed by atoms with E-state index in [0.29, 0.717) is 5.69 Å². The van der Waals surface area contributed by atoms with Crippen molar-refractivity contribution in [1.82, 2.24) is 14.8 Å². The number of halogens is 1. The number of nitrogens with zero attached hydrogens (tertiary/aromatic N) is 3. The van der Waals surface area contributed by atoms with Gasteiger partial charge in [0.1, 0.15) is 6.54 Å². The number of aromatic nitrogens is 3. The standard InChI is InChI=1S/C12H13ClN4O/c1-8-6-9(2)17(16-8)7-11(18)15-10-4-3-5-14-12(10)13/h3-6H,7H2,1-2H3,(H,15,18). The second-order valence-electron chi connectivity index (χ2n) is 3.97. The molecule has 6 heteroatoms. The summed E-state index contributed by atoms with van der Waals surface area (Å²) in [6, 6.07) is 5.34. The Morgan fingerprint density at radius 2 is 2.28 bits per heavy atom. The molecule has 5 nitrogen and oxygen atoms in total. The van der Waals surface area contributed by atoms with Gasteiger partial charge < -0.3 is 5.32 Å². The van der Waals surface area contributed by atoms with Gasteiger partial charge in [-0.3, -0.25) is 9.48 Å². The Balaban J connectivity index is 2.06. The molecule has 1 N–H and O–H groups in total. The summed E-state index contributed by atoms with van der Waals surface area (Å²) in [5, 5.41) is 7.20. The minimum Gasteiger partial charge on any atom is -0.322 e. The van der Waals surface area contributed by atoms with Crippen molar-refractivity contribution in [3.8, 4) is 0 Å². The first-order valence-corrected chi connectivity index (χ1v) is 5.85. The zero-order valence-corrected chi connectivity index (χ0v) is 10.9. The van der Waals surface area contributed by atoms with Crippen LogP contribution in [-0.2, 0) is 11.3 Å². The molecule has 0 unspecified atom stereocenters. The van der Waals surface area contributed by atoms with E-state index in [0.717, 1.165) is 11.4 Å². The van der Waals surface area contributed by atoms with Gasteiger partial charge in [-0.1, -0.05) is 11.6 Å². The lowest BCUT2D eigenvalue weighted by molar-refractivity contribution is -0.116. The lowest BCUT2D eigenvalue weighted by atomic mass is 10.4. The van der Waals surface area contributed by atoms with Gasteiger partial charge in [-0.25, -0.2) is 4.98 Å². The molecular weight excluding hydrogens is 252 g/mol. The second kappa shape index (κ2) is 5.18. The van der Waals surface area contributed by atoms with Crippen LogP contribution in [0.15, 0.2) is 24.4 Å². The van der Waals surface area contributed by atoms with Crippen LogP contribution < -0.4 is 5.32 Å². The molecule has 2 aromatic rings. The number of nitrogens with one attached hydrogen (secondary N) is 1. The number of rotatable bonds is 3. The molecule has 0 aliphatic carbocycles. The summed E-state index contributed by atoms with van der Waals surface area (Å²) in [4.78, 5) is 15.7. The summed E-state index contributed by atoms with van der Waals surface area (Å²) in [6.45, 7) is 3.95. The number of amides is 1. The molecular formula is C12H13ClN4O. The van der Waals surface area contributed by atoms with Gasteiger partial charge >= 0.3 is 0 Å². The van der Waals surface area contributed by atoms with Gasteiger partial charge in [0.05, 0.1) is 11.4 Å². The molecule has 0 radical (unpaired) electrons. The fourth-order valence-corrected chi connectivity index (χ4v) is 1.81. The predicted octanol–water partition coefficient (Wildman–Crippen LogP) is 2.19. The third-order valence-corrected chi connectivity index (χ3v) is 2.73. The van der Waals surface area contributed by atoms with Gasteiger partial charge in [0.15, 0.2) is 5.15 Å². The van der Waals surface area contributed by atoms with E-state index in [1.54, 1.807) is 23.0 Å². The second-order valence-corrected chi connectivity index (χ2v) is 4.33. The SMILES string of the molecule is Cc1cc(C)n(CC(=O)Nc2cccnc2Cl)n1. The Hall–Kier alpha value is -1.88. The maximum Gasteiger partial charge on any atom is 0.246 e. The average molecular weight is 265 g/mol. The molecule has 0 atom stereocenters. The topological polar surface area (TPSA) is 59.8 Å². The lowest BCUT2D eigenvalue weighted by Gasteiger charge is -2.07.